The molecule has 8 nitrogen and oxygen atoms in total. The Morgan fingerprint density at radius 1 is 0.931 bits per heavy atom. The Balaban J connectivity index is 1.27. The molecule has 0 N–H and O–H groups in total. The lowest BCUT2D eigenvalue weighted by Gasteiger charge is -2.35. The first-order chi connectivity index (χ1) is 14.2. The van der Waals surface area contributed by atoms with Crippen LogP contribution in [0, 0.1) is 6.92 Å². The van der Waals surface area contributed by atoms with Gasteiger partial charge in [0.05, 0.1) is 6.54 Å². The summed E-state index contributed by atoms with van der Waals surface area (Å²) in [5.74, 6) is 1.01. The zero-order valence-corrected chi connectivity index (χ0v) is 17.1. The molecule has 1 amide bonds. The Bertz CT molecular complexity index is 808. The van der Waals surface area contributed by atoms with Gasteiger partial charge in [-0.2, -0.15) is 0 Å². The van der Waals surface area contributed by atoms with E-state index in [2.05, 4.69) is 42.6 Å². The lowest BCUT2D eigenvalue weighted by atomic mass is 10.2. The van der Waals surface area contributed by atoms with Gasteiger partial charge >= 0.3 is 0 Å². The molecule has 2 fully saturated rings. The van der Waals surface area contributed by atoms with Crippen molar-refractivity contribution in [2.45, 2.75) is 13.3 Å². The van der Waals surface area contributed by atoms with Gasteiger partial charge in [0.1, 0.15) is 0 Å². The van der Waals surface area contributed by atoms with Gasteiger partial charge in [0.2, 0.25) is 11.9 Å². The third kappa shape index (κ3) is 4.82. The molecule has 2 aromatic heterocycles. The predicted molar refractivity (Wildman–Crippen MR) is 113 cm³/mol. The average Bonchev–Trinajstić information content (AvgIpc) is 3.02. The highest BCUT2D eigenvalue weighted by Crippen LogP contribution is 2.20. The number of hydrogen-bond donors (Lipinski definition) is 0. The molecule has 0 unspecified atom stereocenters. The topological polar surface area (TPSA) is 68.7 Å². The molecule has 0 aliphatic carbocycles. The first-order valence-corrected chi connectivity index (χ1v) is 10.4. The van der Waals surface area contributed by atoms with Gasteiger partial charge in [-0.1, -0.05) is 0 Å². The molecule has 0 atom stereocenters. The summed E-state index contributed by atoms with van der Waals surface area (Å²) in [5, 5.41) is 0. The number of carbonyl (C=O) groups excluding carboxylic acids is 1. The number of nitrogens with zero attached hydrogens (tertiary/aromatic N) is 7. The summed E-state index contributed by atoms with van der Waals surface area (Å²) in [5.41, 5.74) is 2.42. The van der Waals surface area contributed by atoms with Crippen molar-refractivity contribution >= 4 is 17.5 Å². The zero-order chi connectivity index (χ0) is 20.1. The summed E-state index contributed by atoms with van der Waals surface area (Å²) in [6, 6.07) is 3.90. The summed E-state index contributed by atoms with van der Waals surface area (Å²) in [6.07, 6.45) is 8.29. The highest BCUT2D eigenvalue weighted by atomic mass is 16.2. The van der Waals surface area contributed by atoms with Crippen LogP contribution in [-0.4, -0.2) is 89.6 Å². The van der Waals surface area contributed by atoms with E-state index >= 15 is 0 Å². The minimum atomic E-state index is 0.239. The van der Waals surface area contributed by atoms with Gasteiger partial charge in [0, 0.05) is 82.8 Å². The molecule has 0 saturated carbocycles. The number of piperazine rings is 1. The van der Waals surface area contributed by atoms with Crippen LogP contribution in [0.25, 0.3) is 0 Å². The first-order valence-electron chi connectivity index (χ1n) is 10.4. The molecule has 2 aromatic rings. The second kappa shape index (κ2) is 9.17. The molecule has 0 radical (unpaired) electrons. The van der Waals surface area contributed by atoms with Crippen LogP contribution >= 0.6 is 0 Å². The van der Waals surface area contributed by atoms with Crippen LogP contribution in [0.3, 0.4) is 0 Å². The normalized spacial score (nSPS) is 18.6. The summed E-state index contributed by atoms with van der Waals surface area (Å²) in [4.78, 5) is 34.6. The van der Waals surface area contributed by atoms with Crippen LogP contribution in [0.1, 0.15) is 12.0 Å². The van der Waals surface area contributed by atoms with E-state index in [1.54, 1.807) is 12.4 Å². The molecule has 2 aliphatic heterocycles. The first kappa shape index (κ1) is 19.6. The van der Waals surface area contributed by atoms with Gasteiger partial charge in [-0.15, -0.1) is 0 Å². The van der Waals surface area contributed by atoms with Crippen molar-refractivity contribution in [2.75, 3.05) is 68.7 Å². The number of amides is 1. The number of aromatic nitrogens is 3. The van der Waals surface area contributed by atoms with Gasteiger partial charge in [-0.25, -0.2) is 9.97 Å². The lowest BCUT2D eigenvalue weighted by Crippen LogP contribution is -2.50. The van der Waals surface area contributed by atoms with Crippen molar-refractivity contribution in [3.8, 4) is 0 Å². The van der Waals surface area contributed by atoms with Crippen LogP contribution in [-0.2, 0) is 4.79 Å². The molecule has 4 rings (SSSR count). The van der Waals surface area contributed by atoms with Gasteiger partial charge in [0.25, 0.3) is 0 Å². The number of rotatable bonds is 4. The second-order valence-electron chi connectivity index (χ2n) is 7.70. The number of pyridine rings is 1. The third-order valence-corrected chi connectivity index (χ3v) is 5.75. The van der Waals surface area contributed by atoms with Crippen molar-refractivity contribution < 1.29 is 4.79 Å². The number of hydrogen-bond acceptors (Lipinski definition) is 7. The molecule has 0 spiro atoms. The van der Waals surface area contributed by atoms with Crippen molar-refractivity contribution in [3.05, 3.63) is 42.5 Å². The maximum Gasteiger partial charge on any atom is 0.236 e. The molecule has 2 saturated heterocycles. The molecule has 0 aromatic carbocycles. The van der Waals surface area contributed by atoms with Crippen molar-refractivity contribution in [3.63, 3.8) is 0 Å². The van der Waals surface area contributed by atoms with E-state index in [0.29, 0.717) is 6.54 Å². The fourth-order valence-electron chi connectivity index (χ4n) is 4.08. The minimum absolute atomic E-state index is 0.239. The van der Waals surface area contributed by atoms with E-state index in [9.17, 15) is 4.79 Å². The van der Waals surface area contributed by atoms with Crippen LogP contribution in [0.4, 0.5) is 11.6 Å². The Hall–Kier alpha value is -2.74. The maximum absolute atomic E-state index is 12.9. The average molecular weight is 396 g/mol. The van der Waals surface area contributed by atoms with E-state index in [4.69, 9.17) is 0 Å². The molecule has 2 aliphatic rings. The molecule has 29 heavy (non-hydrogen) atoms. The smallest absolute Gasteiger partial charge is 0.236 e. The fourth-order valence-corrected chi connectivity index (χ4v) is 4.08. The van der Waals surface area contributed by atoms with Gasteiger partial charge < -0.3 is 14.7 Å². The van der Waals surface area contributed by atoms with Crippen molar-refractivity contribution in [1.29, 1.82) is 0 Å². The monoisotopic (exact) mass is 395 g/mol. The minimum Gasteiger partial charge on any atom is -0.369 e. The molecular formula is C21H29N7O. The fraction of sp³-hybridized carbons (Fsp3) is 0.524. The predicted octanol–water partition coefficient (Wildman–Crippen LogP) is 1.04. The highest BCUT2D eigenvalue weighted by molar-refractivity contribution is 5.78. The van der Waals surface area contributed by atoms with Crippen LogP contribution in [0.2, 0.25) is 0 Å². The third-order valence-electron chi connectivity index (χ3n) is 5.75. The van der Waals surface area contributed by atoms with Gasteiger partial charge in [0.15, 0.2) is 0 Å². The Labute approximate surface area is 172 Å². The molecule has 154 valence electrons. The number of aryl methyl sites for hydroxylation is 1. The lowest BCUT2D eigenvalue weighted by molar-refractivity contribution is -0.132. The van der Waals surface area contributed by atoms with E-state index in [0.717, 1.165) is 64.7 Å². The summed E-state index contributed by atoms with van der Waals surface area (Å²) >= 11 is 0. The number of carbonyl (C=O) groups is 1. The van der Waals surface area contributed by atoms with Crippen LogP contribution in [0.15, 0.2) is 36.9 Å². The largest absolute Gasteiger partial charge is 0.369 e. The Kier molecular flexibility index (Phi) is 6.19. The van der Waals surface area contributed by atoms with Gasteiger partial charge in [-0.05, 0) is 31.0 Å². The number of anilines is 2. The zero-order valence-electron chi connectivity index (χ0n) is 17.1. The summed E-state index contributed by atoms with van der Waals surface area (Å²) < 4.78 is 0. The molecule has 8 heteroatoms. The Morgan fingerprint density at radius 2 is 1.69 bits per heavy atom. The second-order valence-corrected chi connectivity index (χ2v) is 7.70. The maximum atomic E-state index is 12.9. The molecule has 0 bridgehead atoms. The standard InChI is InChI=1S/C21H29N7O/c1-18-16-22-7-4-19(18)26-8-3-9-27(15-14-26)20(29)17-25-10-12-28(13-11-25)21-23-5-2-6-24-21/h2,4-7,16H,3,8-15,17H2,1H3. The van der Waals surface area contributed by atoms with E-state index in [1.807, 2.05) is 23.4 Å². The van der Waals surface area contributed by atoms with Crippen LogP contribution in [0.5, 0.6) is 0 Å². The quantitative estimate of drug-likeness (QED) is 0.766. The molecular weight excluding hydrogens is 366 g/mol. The van der Waals surface area contributed by atoms with Crippen LogP contribution < -0.4 is 9.80 Å². The van der Waals surface area contributed by atoms with Gasteiger partial charge in [-0.3, -0.25) is 14.7 Å². The van der Waals surface area contributed by atoms with Crippen molar-refractivity contribution in [2.24, 2.45) is 0 Å². The summed E-state index contributed by atoms with van der Waals surface area (Å²) in [7, 11) is 0. The van der Waals surface area contributed by atoms with E-state index < -0.39 is 0 Å². The molecule has 4 heterocycles. The van der Waals surface area contributed by atoms with Crippen molar-refractivity contribution in [1.82, 2.24) is 24.8 Å². The van der Waals surface area contributed by atoms with E-state index in [1.165, 1.54) is 11.3 Å². The Morgan fingerprint density at radius 3 is 2.45 bits per heavy atom. The summed E-state index contributed by atoms with van der Waals surface area (Å²) in [6.45, 7) is 9.48. The SMILES string of the molecule is Cc1cnccc1N1CCCN(C(=O)CN2CCN(c3ncccn3)CC2)CC1. The van der Waals surface area contributed by atoms with E-state index in [-0.39, 0.29) is 5.91 Å². The highest BCUT2D eigenvalue weighted by Gasteiger charge is 2.24.